The highest BCUT2D eigenvalue weighted by atomic mass is 16.5. The fourth-order valence-corrected chi connectivity index (χ4v) is 1.00. The SMILES string of the molecule is C=CC(=C)CCCCCC(=O)OC. The average molecular weight is 182 g/mol. The first kappa shape index (κ1) is 11.9. The van der Waals surface area contributed by atoms with Crippen LogP contribution in [0.25, 0.3) is 0 Å². The highest BCUT2D eigenvalue weighted by Crippen LogP contribution is 2.09. The van der Waals surface area contributed by atoms with Gasteiger partial charge in [-0.1, -0.05) is 31.2 Å². The van der Waals surface area contributed by atoms with E-state index in [-0.39, 0.29) is 5.97 Å². The number of allylic oxidation sites excluding steroid dienone is 2. The second-order valence-electron chi connectivity index (χ2n) is 3.00. The minimum atomic E-state index is -0.123. The maximum Gasteiger partial charge on any atom is 0.305 e. The lowest BCUT2D eigenvalue weighted by molar-refractivity contribution is -0.140. The summed E-state index contributed by atoms with van der Waals surface area (Å²) in [5, 5.41) is 0. The van der Waals surface area contributed by atoms with E-state index in [0.717, 1.165) is 31.3 Å². The van der Waals surface area contributed by atoms with Crippen molar-refractivity contribution in [1.82, 2.24) is 0 Å². The van der Waals surface area contributed by atoms with Gasteiger partial charge in [0.15, 0.2) is 0 Å². The minimum Gasteiger partial charge on any atom is -0.469 e. The molecule has 0 N–H and O–H groups in total. The lowest BCUT2D eigenvalue weighted by Gasteiger charge is -2.00. The summed E-state index contributed by atoms with van der Waals surface area (Å²) < 4.78 is 4.53. The van der Waals surface area contributed by atoms with E-state index in [2.05, 4.69) is 17.9 Å². The van der Waals surface area contributed by atoms with Crippen molar-refractivity contribution in [1.29, 1.82) is 0 Å². The van der Waals surface area contributed by atoms with Gasteiger partial charge in [-0.25, -0.2) is 0 Å². The Balaban J connectivity index is 3.21. The molecule has 0 aliphatic rings. The van der Waals surface area contributed by atoms with Gasteiger partial charge in [0.2, 0.25) is 0 Å². The first-order valence-electron chi connectivity index (χ1n) is 4.57. The van der Waals surface area contributed by atoms with Gasteiger partial charge in [-0.05, 0) is 19.3 Å². The molecular weight excluding hydrogens is 164 g/mol. The third-order valence-electron chi connectivity index (χ3n) is 1.90. The second kappa shape index (κ2) is 7.59. The summed E-state index contributed by atoms with van der Waals surface area (Å²) >= 11 is 0. The molecule has 0 saturated carbocycles. The first-order valence-corrected chi connectivity index (χ1v) is 4.57. The van der Waals surface area contributed by atoms with Crippen LogP contribution in [-0.4, -0.2) is 13.1 Å². The van der Waals surface area contributed by atoms with E-state index < -0.39 is 0 Å². The summed E-state index contributed by atoms with van der Waals surface area (Å²) in [5.41, 5.74) is 1.07. The van der Waals surface area contributed by atoms with Crippen LogP contribution in [0.3, 0.4) is 0 Å². The van der Waals surface area contributed by atoms with Crippen LogP contribution in [0.1, 0.15) is 32.1 Å². The average Bonchev–Trinajstić information content (AvgIpc) is 2.16. The zero-order chi connectivity index (χ0) is 10.1. The van der Waals surface area contributed by atoms with Crippen LogP contribution in [0, 0.1) is 0 Å². The van der Waals surface area contributed by atoms with Crippen LogP contribution in [0.2, 0.25) is 0 Å². The molecule has 0 bridgehead atoms. The molecule has 0 atom stereocenters. The molecular formula is C11H18O2. The second-order valence-corrected chi connectivity index (χ2v) is 3.00. The Kier molecular flexibility index (Phi) is 6.98. The molecule has 0 aliphatic carbocycles. The zero-order valence-corrected chi connectivity index (χ0v) is 8.34. The Bertz CT molecular complexity index is 183. The van der Waals surface area contributed by atoms with Crippen molar-refractivity contribution in [2.24, 2.45) is 0 Å². The zero-order valence-electron chi connectivity index (χ0n) is 8.34. The molecule has 0 rings (SSSR count). The van der Waals surface area contributed by atoms with E-state index in [4.69, 9.17) is 0 Å². The summed E-state index contributed by atoms with van der Waals surface area (Å²) in [6, 6.07) is 0. The maximum atomic E-state index is 10.7. The summed E-state index contributed by atoms with van der Waals surface area (Å²) in [4.78, 5) is 10.7. The Morgan fingerprint density at radius 1 is 1.31 bits per heavy atom. The van der Waals surface area contributed by atoms with Gasteiger partial charge in [-0.2, -0.15) is 0 Å². The lowest BCUT2D eigenvalue weighted by Crippen LogP contribution is -1.99. The van der Waals surface area contributed by atoms with E-state index in [1.165, 1.54) is 7.11 Å². The molecule has 0 amide bonds. The van der Waals surface area contributed by atoms with Crippen molar-refractivity contribution in [3.8, 4) is 0 Å². The molecule has 0 fully saturated rings. The Labute approximate surface area is 80.3 Å². The van der Waals surface area contributed by atoms with Crippen molar-refractivity contribution < 1.29 is 9.53 Å². The van der Waals surface area contributed by atoms with Crippen molar-refractivity contribution in [3.63, 3.8) is 0 Å². The van der Waals surface area contributed by atoms with E-state index >= 15 is 0 Å². The predicted octanol–water partition coefficient (Wildman–Crippen LogP) is 2.85. The van der Waals surface area contributed by atoms with Gasteiger partial charge in [0.05, 0.1) is 7.11 Å². The van der Waals surface area contributed by atoms with Crippen LogP contribution in [-0.2, 0) is 9.53 Å². The Morgan fingerprint density at radius 2 is 1.92 bits per heavy atom. The molecule has 74 valence electrons. The molecule has 0 radical (unpaired) electrons. The third kappa shape index (κ3) is 7.32. The molecule has 0 aromatic rings. The molecule has 0 aromatic carbocycles. The van der Waals surface area contributed by atoms with Crippen molar-refractivity contribution in [2.75, 3.05) is 7.11 Å². The van der Waals surface area contributed by atoms with E-state index in [1.54, 1.807) is 6.08 Å². The number of carbonyl (C=O) groups is 1. The van der Waals surface area contributed by atoms with Crippen LogP contribution in [0.15, 0.2) is 24.8 Å². The largest absolute Gasteiger partial charge is 0.469 e. The summed E-state index contributed by atoms with van der Waals surface area (Å²) in [6.07, 6.45) is 6.29. The number of methoxy groups -OCH3 is 1. The standard InChI is InChI=1S/C11H18O2/c1-4-10(2)8-6-5-7-9-11(12)13-3/h4H,1-2,5-9H2,3H3. The number of ether oxygens (including phenoxy) is 1. The summed E-state index contributed by atoms with van der Waals surface area (Å²) in [7, 11) is 1.42. The number of unbranched alkanes of at least 4 members (excludes halogenated alkanes) is 2. The van der Waals surface area contributed by atoms with Crippen molar-refractivity contribution in [2.45, 2.75) is 32.1 Å². The van der Waals surface area contributed by atoms with Gasteiger partial charge in [0.25, 0.3) is 0 Å². The minimum absolute atomic E-state index is 0.123. The third-order valence-corrected chi connectivity index (χ3v) is 1.90. The number of hydrogen-bond acceptors (Lipinski definition) is 2. The number of esters is 1. The Hall–Kier alpha value is -1.05. The van der Waals surface area contributed by atoms with Gasteiger partial charge < -0.3 is 4.74 Å². The van der Waals surface area contributed by atoms with Crippen LogP contribution < -0.4 is 0 Å². The highest BCUT2D eigenvalue weighted by molar-refractivity contribution is 5.68. The molecule has 0 unspecified atom stereocenters. The monoisotopic (exact) mass is 182 g/mol. The van der Waals surface area contributed by atoms with Gasteiger partial charge in [0, 0.05) is 6.42 Å². The van der Waals surface area contributed by atoms with Gasteiger partial charge in [-0.15, -0.1) is 0 Å². The fraction of sp³-hybridized carbons (Fsp3) is 0.545. The lowest BCUT2D eigenvalue weighted by atomic mass is 10.1. The van der Waals surface area contributed by atoms with Crippen LogP contribution in [0.4, 0.5) is 0 Å². The molecule has 2 nitrogen and oxygen atoms in total. The molecule has 2 heteroatoms. The fourth-order valence-electron chi connectivity index (χ4n) is 1.00. The number of hydrogen-bond donors (Lipinski definition) is 0. The van der Waals surface area contributed by atoms with Crippen molar-refractivity contribution in [3.05, 3.63) is 24.8 Å². The van der Waals surface area contributed by atoms with Crippen LogP contribution >= 0.6 is 0 Å². The number of carbonyl (C=O) groups excluding carboxylic acids is 1. The van der Waals surface area contributed by atoms with E-state index in [0.29, 0.717) is 6.42 Å². The number of rotatable bonds is 7. The topological polar surface area (TPSA) is 26.3 Å². The van der Waals surface area contributed by atoms with Crippen LogP contribution in [0.5, 0.6) is 0 Å². The normalized spacial score (nSPS) is 9.31. The summed E-state index contributed by atoms with van der Waals surface area (Å²) in [5.74, 6) is -0.123. The van der Waals surface area contributed by atoms with Gasteiger partial charge >= 0.3 is 5.97 Å². The predicted molar refractivity (Wildman–Crippen MR) is 54.4 cm³/mol. The summed E-state index contributed by atoms with van der Waals surface area (Å²) in [6.45, 7) is 7.44. The first-order chi connectivity index (χ1) is 6.20. The molecule has 0 spiro atoms. The van der Waals surface area contributed by atoms with E-state index in [1.807, 2.05) is 0 Å². The molecule has 0 aromatic heterocycles. The van der Waals surface area contributed by atoms with Gasteiger partial charge in [-0.3, -0.25) is 4.79 Å². The highest BCUT2D eigenvalue weighted by Gasteiger charge is 1.98. The van der Waals surface area contributed by atoms with Gasteiger partial charge in [0.1, 0.15) is 0 Å². The van der Waals surface area contributed by atoms with E-state index in [9.17, 15) is 4.79 Å². The Morgan fingerprint density at radius 3 is 2.46 bits per heavy atom. The molecule has 0 heterocycles. The van der Waals surface area contributed by atoms with Crippen molar-refractivity contribution >= 4 is 5.97 Å². The molecule has 13 heavy (non-hydrogen) atoms. The smallest absolute Gasteiger partial charge is 0.305 e. The quantitative estimate of drug-likeness (QED) is 0.344. The maximum absolute atomic E-state index is 10.7. The molecule has 0 aliphatic heterocycles. The molecule has 0 saturated heterocycles.